The summed E-state index contributed by atoms with van der Waals surface area (Å²) in [6, 6.07) is 4.59. The van der Waals surface area contributed by atoms with E-state index < -0.39 is 0 Å². The Labute approximate surface area is 108 Å². The molecule has 4 nitrogen and oxygen atoms in total. The van der Waals surface area contributed by atoms with E-state index in [1.165, 1.54) is 11.3 Å². The first-order valence-corrected chi connectivity index (χ1v) is 6.30. The molecular formula is C14H20N4. The number of hydrogen-bond donors (Lipinski definition) is 1. The molecule has 0 radical (unpaired) electrons. The van der Waals surface area contributed by atoms with Crippen LogP contribution >= 0.6 is 0 Å². The van der Waals surface area contributed by atoms with Gasteiger partial charge in [-0.3, -0.25) is 4.98 Å². The minimum absolute atomic E-state index is 0.449. The minimum atomic E-state index is 0.449. The molecule has 0 saturated carbocycles. The van der Waals surface area contributed by atoms with Crippen LogP contribution in [0.25, 0.3) is 0 Å². The largest absolute Gasteiger partial charge is 0.331 e. The maximum atomic E-state index is 4.28. The molecule has 96 valence electrons. The molecule has 0 aliphatic rings. The average molecular weight is 244 g/mol. The Bertz CT molecular complexity index is 485. The van der Waals surface area contributed by atoms with Crippen molar-refractivity contribution >= 4 is 0 Å². The minimum Gasteiger partial charge on any atom is -0.331 e. The molecule has 2 aromatic rings. The maximum Gasteiger partial charge on any atom is 0.0951 e. The second kappa shape index (κ2) is 5.78. The zero-order valence-electron chi connectivity index (χ0n) is 11.2. The van der Waals surface area contributed by atoms with E-state index in [1.54, 1.807) is 0 Å². The summed E-state index contributed by atoms with van der Waals surface area (Å²) in [5, 5.41) is 3.42. The van der Waals surface area contributed by atoms with E-state index in [9.17, 15) is 0 Å². The first-order chi connectivity index (χ1) is 8.66. The Morgan fingerprint density at radius 2 is 2.06 bits per heavy atom. The van der Waals surface area contributed by atoms with Crippen molar-refractivity contribution in [2.45, 2.75) is 39.9 Å². The van der Waals surface area contributed by atoms with Crippen LogP contribution in [-0.2, 0) is 13.1 Å². The Morgan fingerprint density at radius 1 is 1.22 bits per heavy atom. The summed E-state index contributed by atoms with van der Waals surface area (Å²) >= 11 is 0. The third-order valence-corrected chi connectivity index (χ3v) is 2.91. The highest BCUT2D eigenvalue weighted by Crippen LogP contribution is 2.08. The topological polar surface area (TPSA) is 42.7 Å². The van der Waals surface area contributed by atoms with Crippen LogP contribution in [0.5, 0.6) is 0 Å². The molecular weight excluding hydrogens is 224 g/mol. The molecule has 0 atom stereocenters. The van der Waals surface area contributed by atoms with Gasteiger partial charge in [-0.2, -0.15) is 0 Å². The third-order valence-electron chi connectivity index (χ3n) is 2.91. The Morgan fingerprint density at radius 3 is 2.72 bits per heavy atom. The van der Waals surface area contributed by atoms with Crippen molar-refractivity contribution in [3.05, 3.63) is 47.8 Å². The summed E-state index contributed by atoms with van der Waals surface area (Å²) < 4.78 is 2.18. The van der Waals surface area contributed by atoms with Gasteiger partial charge in [0.15, 0.2) is 0 Å². The molecule has 0 saturated heterocycles. The highest BCUT2D eigenvalue weighted by molar-refractivity contribution is 5.13. The monoisotopic (exact) mass is 244 g/mol. The fourth-order valence-electron chi connectivity index (χ4n) is 1.87. The Balaban J connectivity index is 1.88. The molecule has 4 heteroatoms. The van der Waals surface area contributed by atoms with Gasteiger partial charge in [-0.05, 0) is 32.4 Å². The first kappa shape index (κ1) is 12.8. The summed E-state index contributed by atoms with van der Waals surface area (Å²) in [6.45, 7) is 7.98. The van der Waals surface area contributed by atoms with Gasteiger partial charge in [0.2, 0.25) is 0 Å². The van der Waals surface area contributed by atoms with Gasteiger partial charge in [-0.1, -0.05) is 6.07 Å². The van der Waals surface area contributed by atoms with Crippen molar-refractivity contribution in [3.63, 3.8) is 0 Å². The molecule has 0 unspecified atom stereocenters. The second-order valence-electron chi connectivity index (χ2n) is 4.80. The van der Waals surface area contributed by atoms with E-state index in [1.807, 2.05) is 31.7 Å². The van der Waals surface area contributed by atoms with Crippen molar-refractivity contribution in [1.29, 1.82) is 0 Å². The fourth-order valence-corrected chi connectivity index (χ4v) is 1.87. The molecule has 0 bridgehead atoms. The number of pyridine rings is 1. The van der Waals surface area contributed by atoms with Gasteiger partial charge in [0.1, 0.15) is 0 Å². The van der Waals surface area contributed by atoms with E-state index >= 15 is 0 Å². The Hall–Kier alpha value is -1.68. The van der Waals surface area contributed by atoms with Crippen LogP contribution in [0.4, 0.5) is 0 Å². The number of hydrogen-bond acceptors (Lipinski definition) is 3. The molecule has 0 aliphatic heterocycles. The third kappa shape index (κ3) is 3.17. The number of imidazole rings is 1. The van der Waals surface area contributed by atoms with Crippen molar-refractivity contribution in [2.75, 3.05) is 0 Å². The van der Waals surface area contributed by atoms with Crippen molar-refractivity contribution in [2.24, 2.45) is 0 Å². The number of rotatable bonds is 5. The van der Waals surface area contributed by atoms with Gasteiger partial charge >= 0.3 is 0 Å². The number of nitrogens with one attached hydrogen (secondary N) is 1. The van der Waals surface area contributed by atoms with Crippen molar-refractivity contribution in [3.8, 4) is 0 Å². The highest BCUT2D eigenvalue weighted by atomic mass is 15.1. The van der Waals surface area contributed by atoms with E-state index in [0.717, 1.165) is 18.8 Å². The van der Waals surface area contributed by atoms with Crippen LogP contribution in [0, 0.1) is 6.92 Å². The van der Waals surface area contributed by atoms with Crippen LogP contribution < -0.4 is 5.32 Å². The number of nitrogens with zero attached hydrogens (tertiary/aromatic N) is 3. The summed E-state index contributed by atoms with van der Waals surface area (Å²) in [6.07, 6.45) is 5.72. The molecule has 0 amide bonds. The van der Waals surface area contributed by atoms with Gasteiger partial charge in [0.25, 0.3) is 0 Å². The summed E-state index contributed by atoms with van der Waals surface area (Å²) in [5.41, 5.74) is 3.47. The van der Waals surface area contributed by atoms with Gasteiger partial charge in [-0.15, -0.1) is 0 Å². The lowest BCUT2D eigenvalue weighted by molar-refractivity contribution is 0.550. The average Bonchev–Trinajstić information content (AvgIpc) is 2.80. The van der Waals surface area contributed by atoms with Crippen LogP contribution in [0.2, 0.25) is 0 Å². The van der Waals surface area contributed by atoms with Gasteiger partial charge in [-0.25, -0.2) is 4.98 Å². The normalized spacial score (nSPS) is 11.1. The predicted molar refractivity (Wildman–Crippen MR) is 72.1 cm³/mol. The van der Waals surface area contributed by atoms with Crippen LogP contribution in [0.15, 0.2) is 30.9 Å². The SMILES string of the molecule is Cc1ccc(CNCc2cncn2C(C)C)cn1. The van der Waals surface area contributed by atoms with Crippen molar-refractivity contribution in [1.82, 2.24) is 19.9 Å². The lowest BCUT2D eigenvalue weighted by Gasteiger charge is -2.12. The van der Waals surface area contributed by atoms with Crippen molar-refractivity contribution < 1.29 is 0 Å². The zero-order chi connectivity index (χ0) is 13.0. The lowest BCUT2D eigenvalue weighted by Crippen LogP contribution is -2.16. The molecule has 0 aromatic carbocycles. The lowest BCUT2D eigenvalue weighted by atomic mass is 10.2. The number of aromatic nitrogens is 3. The molecule has 0 aliphatic carbocycles. The molecule has 1 N–H and O–H groups in total. The molecule has 18 heavy (non-hydrogen) atoms. The molecule has 2 rings (SSSR count). The summed E-state index contributed by atoms with van der Waals surface area (Å²) in [5.74, 6) is 0. The maximum absolute atomic E-state index is 4.28. The molecule has 0 fully saturated rings. The van der Waals surface area contributed by atoms with E-state index in [4.69, 9.17) is 0 Å². The van der Waals surface area contributed by atoms with E-state index in [0.29, 0.717) is 6.04 Å². The van der Waals surface area contributed by atoms with Gasteiger partial charge < -0.3 is 9.88 Å². The highest BCUT2D eigenvalue weighted by Gasteiger charge is 2.04. The smallest absolute Gasteiger partial charge is 0.0951 e. The van der Waals surface area contributed by atoms with Crippen LogP contribution in [0.1, 0.15) is 36.8 Å². The predicted octanol–water partition coefficient (Wildman–Crippen LogP) is 2.46. The molecule has 0 spiro atoms. The van der Waals surface area contributed by atoms with Gasteiger partial charge in [0, 0.05) is 37.2 Å². The van der Waals surface area contributed by atoms with E-state index in [2.05, 4.69) is 39.8 Å². The first-order valence-electron chi connectivity index (χ1n) is 6.30. The quantitative estimate of drug-likeness (QED) is 0.878. The molecule has 2 aromatic heterocycles. The van der Waals surface area contributed by atoms with E-state index in [-0.39, 0.29) is 0 Å². The Kier molecular flexibility index (Phi) is 4.10. The fraction of sp³-hybridized carbons (Fsp3) is 0.429. The van der Waals surface area contributed by atoms with Gasteiger partial charge in [0.05, 0.1) is 12.0 Å². The summed E-state index contributed by atoms with van der Waals surface area (Å²) in [4.78, 5) is 8.47. The molecule has 2 heterocycles. The standard InChI is InChI=1S/C14H20N4/c1-11(2)18-10-16-9-14(18)8-15-6-13-5-4-12(3)17-7-13/h4-5,7,9-11,15H,6,8H2,1-3H3. The zero-order valence-corrected chi connectivity index (χ0v) is 11.2. The van der Waals surface area contributed by atoms with Crippen LogP contribution in [-0.4, -0.2) is 14.5 Å². The van der Waals surface area contributed by atoms with Crippen LogP contribution in [0.3, 0.4) is 0 Å². The summed E-state index contributed by atoms with van der Waals surface area (Å²) in [7, 11) is 0. The number of aryl methyl sites for hydroxylation is 1. The second-order valence-corrected chi connectivity index (χ2v) is 4.80.